The Balaban J connectivity index is 1.47. The third-order valence-electron chi connectivity index (χ3n) is 9.37. The summed E-state index contributed by atoms with van der Waals surface area (Å²) in [7, 11) is 0. The Bertz CT molecular complexity index is 1680. The molecule has 3 nitrogen and oxygen atoms in total. The van der Waals surface area contributed by atoms with Gasteiger partial charge in [-0.1, -0.05) is 113 Å². The minimum Gasteiger partial charge on any atom is -0.258 e. The van der Waals surface area contributed by atoms with Gasteiger partial charge in [0.2, 0.25) is 0 Å². The molecule has 11 rings (SSSR count). The van der Waals surface area contributed by atoms with Crippen LogP contribution in [0.3, 0.4) is 0 Å². The Morgan fingerprint density at radius 1 is 0.474 bits per heavy atom. The van der Waals surface area contributed by atoms with Gasteiger partial charge in [0.05, 0.1) is 4.92 Å². The van der Waals surface area contributed by atoms with Gasteiger partial charge in [-0.15, -0.1) is 0 Å². The van der Waals surface area contributed by atoms with Gasteiger partial charge in [-0.25, -0.2) is 0 Å². The van der Waals surface area contributed by atoms with Crippen molar-refractivity contribution in [2.45, 2.75) is 23.7 Å². The maximum atomic E-state index is 13.2. The summed E-state index contributed by atoms with van der Waals surface area (Å²) in [6, 6.07) is 34.1. The van der Waals surface area contributed by atoms with Gasteiger partial charge in [0.1, 0.15) is 0 Å². The summed E-state index contributed by atoms with van der Waals surface area (Å²) in [6.45, 7) is 0. The molecule has 0 amide bonds. The molecule has 6 aliphatic rings. The molecule has 5 aromatic carbocycles. The highest BCUT2D eigenvalue weighted by Gasteiger charge is 2.53. The molecule has 4 heteroatoms. The van der Waals surface area contributed by atoms with Crippen molar-refractivity contribution in [1.82, 2.24) is 0 Å². The van der Waals surface area contributed by atoms with Crippen LogP contribution in [-0.4, -0.2) is 4.92 Å². The van der Waals surface area contributed by atoms with Crippen molar-refractivity contribution in [3.8, 4) is 0 Å². The standard InChI is InChI=1S/C34H20BrNO2/c35-33-29-25-17-9-1-5-13-21(17)27(22-14-6-2-10-18(22)25)31(29)34(36(37)38)32-28-23-15-7-3-11-19(23)26(30(32)33)20-12-4-8-16-24(20)28/h1-16,25-28H. The third kappa shape index (κ3) is 2.28. The number of hydrogen-bond donors (Lipinski definition) is 0. The second-order valence-electron chi connectivity index (χ2n) is 10.8. The van der Waals surface area contributed by atoms with Gasteiger partial charge < -0.3 is 0 Å². The lowest BCUT2D eigenvalue weighted by atomic mass is 9.56. The van der Waals surface area contributed by atoms with E-state index in [-0.39, 0.29) is 28.6 Å². The lowest BCUT2D eigenvalue weighted by molar-refractivity contribution is -0.386. The van der Waals surface area contributed by atoms with Crippen molar-refractivity contribution >= 4 is 21.6 Å². The summed E-state index contributed by atoms with van der Waals surface area (Å²) >= 11 is 4.12. The quantitative estimate of drug-likeness (QED) is 0.151. The summed E-state index contributed by atoms with van der Waals surface area (Å²) in [5, 5.41) is 13.2. The molecule has 0 fully saturated rings. The van der Waals surface area contributed by atoms with Crippen LogP contribution in [0.5, 0.6) is 0 Å². The Hall–Kier alpha value is -4.02. The number of nitro groups is 1. The molecule has 5 aromatic rings. The molecule has 0 saturated heterocycles. The van der Waals surface area contributed by atoms with E-state index in [1.165, 1.54) is 44.5 Å². The van der Waals surface area contributed by atoms with Crippen molar-refractivity contribution < 1.29 is 4.92 Å². The van der Waals surface area contributed by atoms with Crippen molar-refractivity contribution in [2.75, 3.05) is 0 Å². The maximum Gasteiger partial charge on any atom is 0.278 e. The lowest BCUT2D eigenvalue weighted by Gasteiger charge is -2.47. The zero-order valence-corrected chi connectivity index (χ0v) is 21.8. The van der Waals surface area contributed by atoms with E-state index >= 15 is 0 Å². The molecular weight excluding hydrogens is 534 g/mol. The summed E-state index contributed by atoms with van der Waals surface area (Å²) in [4.78, 5) is 13.2. The van der Waals surface area contributed by atoms with E-state index in [0.29, 0.717) is 5.69 Å². The Labute approximate surface area is 228 Å². The average Bonchev–Trinajstić information content (AvgIpc) is 2.96. The molecule has 6 aliphatic carbocycles. The van der Waals surface area contributed by atoms with Crippen LogP contribution < -0.4 is 0 Å². The average molecular weight is 554 g/mol. The Morgan fingerprint density at radius 2 is 0.711 bits per heavy atom. The van der Waals surface area contributed by atoms with Gasteiger partial charge in [0.25, 0.3) is 5.69 Å². The van der Waals surface area contributed by atoms with Crippen LogP contribution in [-0.2, 0) is 0 Å². The number of nitrogens with zero attached hydrogens (tertiary/aromatic N) is 1. The van der Waals surface area contributed by atoms with E-state index in [0.717, 1.165) is 26.7 Å². The number of hydrogen-bond acceptors (Lipinski definition) is 2. The third-order valence-corrected chi connectivity index (χ3v) is 10.2. The molecule has 0 heterocycles. The fourth-order valence-electron chi connectivity index (χ4n) is 8.19. The summed E-state index contributed by atoms with van der Waals surface area (Å²) in [5.41, 5.74) is 14.1. The van der Waals surface area contributed by atoms with E-state index in [2.05, 4.69) is 113 Å². The van der Waals surface area contributed by atoms with Gasteiger partial charge in [0, 0.05) is 39.3 Å². The minimum atomic E-state index is -0.157. The Morgan fingerprint density at radius 3 is 0.947 bits per heavy atom. The highest BCUT2D eigenvalue weighted by molar-refractivity contribution is 9.10. The fraction of sp³-hybridized carbons (Fsp3) is 0.118. The van der Waals surface area contributed by atoms with Gasteiger partial charge in [0.15, 0.2) is 0 Å². The number of halogens is 1. The lowest BCUT2D eigenvalue weighted by Crippen LogP contribution is -2.34. The van der Waals surface area contributed by atoms with Gasteiger partial charge in [-0.3, -0.25) is 10.1 Å². The summed E-state index contributed by atoms with van der Waals surface area (Å²) in [5.74, 6) is -0.385. The first-order chi connectivity index (χ1) is 18.7. The van der Waals surface area contributed by atoms with E-state index in [1.54, 1.807) is 0 Å². The topological polar surface area (TPSA) is 43.1 Å². The van der Waals surface area contributed by atoms with E-state index < -0.39 is 0 Å². The van der Waals surface area contributed by atoms with Crippen LogP contribution in [0.25, 0.3) is 0 Å². The zero-order valence-electron chi connectivity index (χ0n) is 20.2. The highest BCUT2D eigenvalue weighted by Crippen LogP contribution is 2.66. The molecule has 0 aliphatic heterocycles. The van der Waals surface area contributed by atoms with Crippen molar-refractivity contribution in [3.05, 3.63) is 178 Å². The smallest absolute Gasteiger partial charge is 0.258 e. The van der Waals surface area contributed by atoms with Crippen LogP contribution >= 0.6 is 15.9 Å². The second kappa shape index (κ2) is 7.09. The predicted octanol–water partition coefficient (Wildman–Crippen LogP) is 8.33. The number of nitro benzene ring substituents is 1. The van der Waals surface area contributed by atoms with Crippen molar-refractivity contribution in [2.24, 2.45) is 0 Å². The molecule has 0 aromatic heterocycles. The van der Waals surface area contributed by atoms with Crippen LogP contribution in [0, 0.1) is 10.1 Å². The van der Waals surface area contributed by atoms with Crippen molar-refractivity contribution in [3.63, 3.8) is 0 Å². The largest absolute Gasteiger partial charge is 0.278 e. The first-order valence-electron chi connectivity index (χ1n) is 13.1. The molecule has 0 spiro atoms. The fourth-order valence-corrected chi connectivity index (χ4v) is 9.07. The molecular formula is C34H20BrNO2. The SMILES string of the molecule is O=[N+]([O-])c1c2c(c(Br)c3c1C1c4ccccc4C3c3ccccc31)C1c3ccccc3C2c2ccccc21. The highest BCUT2D eigenvalue weighted by atomic mass is 79.9. The first-order valence-corrected chi connectivity index (χ1v) is 13.8. The molecule has 4 bridgehead atoms. The molecule has 0 saturated carbocycles. The van der Waals surface area contributed by atoms with Gasteiger partial charge in [-0.2, -0.15) is 0 Å². The van der Waals surface area contributed by atoms with E-state index in [4.69, 9.17) is 0 Å². The maximum absolute atomic E-state index is 13.2. The van der Waals surface area contributed by atoms with Crippen LogP contribution in [0.15, 0.2) is 102 Å². The van der Waals surface area contributed by atoms with Crippen LogP contribution in [0.2, 0.25) is 0 Å². The zero-order chi connectivity index (χ0) is 25.3. The molecule has 180 valence electrons. The summed E-state index contributed by atoms with van der Waals surface area (Å²) in [6.07, 6.45) is 0. The number of rotatable bonds is 1. The van der Waals surface area contributed by atoms with E-state index in [1.807, 2.05) is 0 Å². The molecule has 0 radical (unpaired) electrons. The first kappa shape index (κ1) is 21.0. The molecule has 0 unspecified atom stereocenters. The Kier molecular flexibility index (Phi) is 3.91. The molecule has 38 heavy (non-hydrogen) atoms. The molecule has 0 atom stereocenters. The van der Waals surface area contributed by atoms with Crippen LogP contribution in [0.1, 0.15) is 90.4 Å². The number of benzene rings is 5. The van der Waals surface area contributed by atoms with Gasteiger partial charge >= 0.3 is 0 Å². The van der Waals surface area contributed by atoms with Crippen LogP contribution in [0.4, 0.5) is 5.69 Å². The predicted molar refractivity (Wildman–Crippen MR) is 150 cm³/mol. The molecule has 0 N–H and O–H groups in total. The van der Waals surface area contributed by atoms with E-state index in [9.17, 15) is 10.1 Å². The van der Waals surface area contributed by atoms with Gasteiger partial charge in [-0.05, 0) is 55.6 Å². The summed E-state index contributed by atoms with van der Waals surface area (Å²) < 4.78 is 1.05. The normalized spacial score (nSPS) is 22.0. The monoisotopic (exact) mass is 553 g/mol. The second-order valence-corrected chi connectivity index (χ2v) is 11.6. The minimum absolute atomic E-state index is 0.0354. The van der Waals surface area contributed by atoms with Crippen molar-refractivity contribution in [1.29, 1.82) is 0 Å².